The first-order valence-corrected chi connectivity index (χ1v) is 9.70. The zero-order valence-corrected chi connectivity index (χ0v) is 16.5. The van der Waals surface area contributed by atoms with Gasteiger partial charge < -0.3 is 9.47 Å². The number of hydrogen-bond donors (Lipinski definition) is 1. The summed E-state index contributed by atoms with van der Waals surface area (Å²) >= 11 is 6.08. The Morgan fingerprint density at radius 3 is 2.42 bits per heavy atom. The van der Waals surface area contributed by atoms with Crippen molar-refractivity contribution in [2.45, 2.75) is 25.7 Å². The maximum Gasteiger partial charge on any atom is 0.339 e. The zero-order chi connectivity index (χ0) is 19.5. The quantitative estimate of drug-likeness (QED) is 0.746. The van der Waals surface area contributed by atoms with E-state index in [1.165, 1.54) is 25.3 Å². The molecule has 26 heavy (non-hydrogen) atoms. The number of aryl methyl sites for hydroxylation is 2. The Balaban J connectivity index is 2.34. The number of anilines is 1. The predicted molar refractivity (Wildman–Crippen MR) is 101 cm³/mol. The molecule has 2 aromatic carbocycles. The summed E-state index contributed by atoms with van der Waals surface area (Å²) < 4.78 is 38.0. The van der Waals surface area contributed by atoms with Crippen LogP contribution in [0.5, 0.6) is 5.75 Å². The van der Waals surface area contributed by atoms with Crippen LogP contribution >= 0.6 is 11.6 Å². The molecular weight excluding hydrogens is 378 g/mol. The minimum atomic E-state index is -3.83. The molecule has 140 valence electrons. The fourth-order valence-electron chi connectivity index (χ4n) is 2.44. The lowest BCUT2D eigenvalue weighted by Crippen LogP contribution is -2.15. The molecule has 8 heteroatoms. The summed E-state index contributed by atoms with van der Waals surface area (Å²) in [5.41, 5.74) is 1.67. The molecule has 6 nitrogen and oxygen atoms in total. The Morgan fingerprint density at radius 1 is 1.15 bits per heavy atom. The largest absolute Gasteiger partial charge is 0.496 e. The molecule has 2 aromatic rings. The smallest absolute Gasteiger partial charge is 0.339 e. The Hall–Kier alpha value is -2.25. The van der Waals surface area contributed by atoms with Crippen molar-refractivity contribution in [2.24, 2.45) is 0 Å². The number of hydrogen-bond acceptors (Lipinski definition) is 5. The van der Waals surface area contributed by atoms with Gasteiger partial charge in [0.05, 0.1) is 34.9 Å². The van der Waals surface area contributed by atoms with Gasteiger partial charge in [-0.1, -0.05) is 11.6 Å². The van der Waals surface area contributed by atoms with E-state index in [0.717, 1.165) is 0 Å². The van der Waals surface area contributed by atoms with Crippen LogP contribution in [0.15, 0.2) is 35.2 Å². The molecule has 0 bridgehead atoms. The van der Waals surface area contributed by atoms with E-state index in [1.807, 2.05) is 0 Å². The highest BCUT2D eigenvalue weighted by molar-refractivity contribution is 7.92. The molecule has 1 N–H and O–H groups in total. The van der Waals surface area contributed by atoms with Crippen LogP contribution in [0.25, 0.3) is 0 Å². The molecule has 0 fully saturated rings. The lowest BCUT2D eigenvalue weighted by Gasteiger charge is -2.14. The maximum atomic E-state index is 12.7. The van der Waals surface area contributed by atoms with E-state index in [9.17, 15) is 13.2 Å². The third-order valence-electron chi connectivity index (χ3n) is 3.70. The Morgan fingerprint density at radius 2 is 1.85 bits per heavy atom. The van der Waals surface area contributed by atoms with Crippen molar-refractivity contribution in [1.29, 1.82) is 0 Å². The first-order chi connectivity index (χ1) is 12.2. The lowest BCUT2D eigenvalue weighted by atomic mass is 10.1. The maximum absolute atomic E-state index is 12.7. The molecular formula is C18H20ClNO5S. The molecule has 0 spiro atoms. The van der Waals surface area contributed by atoms with Gasteiger partial charge in [0.25, 0.3) is 10.0 Å². The number of carbonyl (C=O) groups excluding carboxylic acids is 1. The monoisotopic (exact) mass is 397 g/mol. The Bertz CT molecular complexity index is 941. The van der Waals surface area contributed by atoms with Crippen molar-refractivity contribution >= 4 is 33.3 Å². The van der Waals surface area contributed by atoms with Gasteiger partial charge in [0.15, 0.2) is 0 Å². The van der Waals surface area contributed by atoms with E-state index >= 15 is 0 Å². The summed E-state index contributed by atoms with van der Waals surface area (Å²) in [7, 11) is -2.30. The van der Waals surface area contributed by atoms with E-state index < -0.39 is 16.0 Å². The third kappa shape index (κ3) is 4.28. The van der Waals surface area contributed by atoms with Crippen molar-refractivity contribution in [2.75, 3.05) is 18.4 Å². The van der Waals surface area contributed by atoms with Crippen molar-refractivity contribution in [1.82, 2.24) is 0 Å². The standard InChI is InChI=1S/C18H20ClNO5S/c1-5-25-18(21)14-7-6-13(10-15(14)19)20-26(22,23)17-9-11(2)16(24-4)8-12(17)3/h6-10,20H,5H2,1-4H3. The summed E-state index contributed by atoms with van der Waals surface area (Å²) in [6, 6.07) is 7.47. The molecule has 0 aliphatic carbocycles. The highest BCUT2D eigenvalue weighted by Gasteiger charge is 2.20. The summed E-state index contributed by atoms with van der Waals surface area (Å²) in [6.45, 7) is 5.36. The second-order valence-electron chi connectivity index (χ2n) is 5.61. The second-order valence-corrected chi connectivity index (χ2v) is 7.67. The van der Waals surface area contributed by atoms with Crippen LogP contribution in [-0.4, -0.2) is 28.1 Å². The summed E-state index contributed by atoms with van der Waals surface area (Å²) in [5, 5.41) is 0.103. The lowest BCUT2D eigenvalue weighted by molar-refractivity contribution is 0.0526. The van der Waals surface area contributed by atoms with Crippen molar-refractivity contribution in [3.63, 3.8) is 0 Å². The Kier molecular flexibility index (Phi) is 6.15. The number of rotatable bonds is 6. The number of ether oxygens (including phenoxy) is 2. The van der Waals surface area contributed by atoms with Gasteiger partial charge in [-0.05, 0) is 62.2 Å². The van der Waals surface area contributed by atoms with Crippen molar-refractivity contribution in [3.8, 4) is 5.75 Å². The van der Waals surface area contributed by atoms with E-state index in [2.05, 4.69) is 4.72 Å². The molecule has 0 unspecified atom stereocenters. The predicted octanol–water partition coefficient (Wildman–Crippen LogP) is 3.94. The van der Waals surface area contributed by atoms with Crippen LogP contribution in [0.2, 0.25) is 5.02 Å². The van der Waals surface area contributed by atoms with Crippen LogP contribution in [0.4, 0.5) is 5.69 Å². The van der Waals surface area contributed by atoms with Gasteiger partial charge in [-0.15, -0.1) is 0 Å². The van der Waals surface area contributed by atoms with Gasteiger partial charge in [-0.2, -0.15) is 0 Å². The van der Waals surface area contributed by atoms with Crippen LogP contribution in [-0.2, 0) is 14.8 Å². The van der Waals surface area contributed by atoms with E-state index in [0.29, 0.717) is 16.9 Å². The highest BCUT2D eigenvalue weighted by Crippen LogP contribution is 2.28. The van der Waals surface area contributed by atoms with Crippen molar-refractivity contribution < 1.29 is 22.7 Å². The van der Waals surface area contributed by atoms with Crippen LogP contribution < -0.4 is 9.46 Å². The molecule has 0 atom stereocenters. The molecule has 0 aliphatic heterocycles. The molecule has 0 aromatic heterocycles. The molecule has 0 saturated heterocycles. The molecule has 2 rings (SSSR count). The number of halogens is 1. The topological polar surface area (TPSA) is 81.7 Å². The highest BCUT2D eigenvalue weighted by atomic mass is 35.5. The molecule has 0 amide bonds. The minimum Gasteiger partial charge on any atom is -0.496 e. The van der Waals surface area contributed by atoms with Gasteiger partial charge in [0, 0.05) is 0 Å². The van der Waals surface area contributed by atoms with E-state index in [4.69, 9.17) is 21.1 Å². The van der Waals surface area contributed by atoms with Crippen LogP contribution in [0.3, 0.4) is 0 Å². The van der Waals surface area contributed by atoms with Crippen LogP contribution in [0, 0.1) is 13.8 Å². The Labute approximate surface area is 158 Å². The average molecular weight is 398 g/mol. The van der Waals surface area contributed by atoms with Gasteiger partial charge >= 0.3 is 5.97 Å². The van der Waals surface area contributed by atoms with Gasteiger partial charge in [0.1, 0.15) is 5.75 Å². The molecule has 0 heterocycles. The number of nitrogens with one attached hydrogen (secondary N) is 1. The van der Waals surface area contributed by atoms with Crippen LogP contribution in [0.1, 0.15) is 28.4 Å². The molecule has 0 aliphatic rings. The first-order valence-electron chi connectivity index (χ1n) is 7.84. The van der Waals surface area contributed by atoms with E-state index in [1.54, 1.807) is 32.9 Å². The second kappa shape index (κ2) is 7.97. The summed E-state index contributed by atoms with van der Waals surface area (Å²) in [4.78, 5) is 11.9. The SMILES string of the molecule is CCOC(=O)c1ccc(NS(=O)(=O)c2cc(C)c(OC)cc2C)cc1Cl. The number of sulfonamides is 1. The fraction of sp³-hybridized carbons (Fsp3) is 0.278. The van der Waals surface area contributed by atoms with Gasteiger partial charge in [0.2, 0.25) is 0 Å². The molecule has 0 radical (unpaired) electrons. The number of esters is 1. The summed E-state index contributed by atoms with van der Waals surface area (Å²) in [6.07, 6.45) is 0. The first kappa shape index (κ1) is 20.1. The molecule has 0 saturated carbocycles. The normalized spacial score (nSPS) is 11.1. The number of benzene rings is 2. The van der Waals surface area contributed by atoms with Gasteiger partial charge in [-0.3, -0.25) is 4.72 Å². The number of carbonyl (C=O) groups is 1. The van der Waals surface area contributed by atoms with Crippen molar-refractivity contribution in [3.05, 3.63) is 52.0 Å². The van der Waals surface area contributed by atoms with E-state index in [-0.39, 0.29) is 27.8 Å². The fourth-order valence-corrected chi connectivity index (χ4v) is 4.06. The third-order valence-corrected chi connectivity index (χ3v) is 5.53. The average Bonchev–Trinajstić information content (AvgIpc) is 2.56. The zero-order valence-electron chi connectivity index (χ0n) is 14.9. The summed E-state index contributed by atoms with van der Waals surface area (Å²) in [5.74, 6) is 0.0526. The minimum absolute atomic E-state index is 0.103. The number of methoxy groups -OCH3 is 1. The van der Waals surface area contributed by atoms with Gasteiger partial charge in [-0.25, -0.2) is 13.2 Å².